The molecule has 0 saturated carbocycles. The lowest BCUT2D eigenvalue weighted by Gasteiger charge is -2.23. The Labute approximate surface area is 138 Å². The van der Waals surface area contributed by atoms with Crippen LogP contribution in [-0.2, 0) is 19.4 Å². The summed E-state index contributed by atoms with van der Waals surface area (Å²) in [5, 5.41) is -0.113. The van der Waals surface area contributed by atoms with Crippen molar-refractivity contribution in [3.8, 4) is 0 Å². The van der Waals surface area contributed by atoms with Crippen molar-refractivity contribution in [1.29, 1.82) is 0 Å². The number of benzene rings is 1. The highest BCUT2D eigenvalue weighted by atomic mass is 35.5. The van der Waals surface area contributed by atoms with Crippen LogP contribution in [0, 0.1) is 5.82 Å². The number of halogens is 2. The van der Waals surface area contributed by atoms with E-state index >= 15 is 0 Å². The molecule has 0 unspecified atom stereocenters. The maximum Gasteiger partial charge on any atom is 0.340 e. The topological polar surface area (TPSA) is 80.8 Å². The number of amides is 1. The van der Waals surface area contributed by atoms with Crippen LogP contribution in [0.25, 0.3) is 0 Å². The number of hydrogen-bond donors (Lipinski definition) is 0. The second-order valence-electron chi connectivity index (χ2n) is 5.26. The highest BCUT2D eigenvalue weighted by Crippen LogP contribution is 2.19. The predicted octanol–water partition coefficient (Wildman–Crippen LogP) is 1.28. The highest BCUT2D eigenvalue weighted by Gasteiger charge is 2.33. The van der Waals surface area contributed by atoms with Gasteiger partial charge in [-0.05, 0) is 24.6 Å². The molecule has 0 N–H and O–H groups in total. The van der Waals surface area contributed by atoms with E-state index in [1.54, 1.807) is 0 Å². The Morgan fingerprint density at radius 3 is 2.70 bits per heavy atom. The molecule has 1 aromatic carbocycles. The molecule has 9 heteroatoms. The lowest BCUT2D eigenvalue weighted by atomic mass is 10.2. The molecule has 1 heterocycles. The van der Waals surface area contributed by atoms with Crippen LogP contribution in [0.3, 0.4) is 0 Å². The summed E-state index contributed by atoms with van der Waals surface area (Å²) >= 11 is 5.73. The maximum absolute atomic E-state index is 12.9. The first-order valence-electron chi connectivity index (χ1n) is 6.78. The summed E-state index contributed by atoms with van der Waals surface area (Å²) in [4.78, 5) is 25.1. The summed E-state index contributed by atoms with van der Waals surface area (Å²) in [5.74, 6) is -2.01. The number of hydrogen-bond acceptors (Lipinski definition) is 5. The summed E-state index contributed by atoms with van der Waals surface area (Å²) in [5.41, 5.74) is -0.0491. The Hall–Kier alpha value is -1.67. The zero-order valence-corrected chi connectivity index (χ0v) is 13.9. The number of sulfone groups is 1. The van der Waals surface area contributed by atoms with Gasteiger partial charge in [0.25, 0.3) is 5.91 Å². The normalized spacial score (nSPS) is 19.3. The third kappa shape index (κ3) is 4.42. The molecule has 1 aliphatic rings. The smallest absolute Gasteiger partial charge is 0.340 e. The molecule has 0 aromatic heterocycles. The van der Waals surface area contributed by atoms with E-state index in [0.717, 1.165) is 18.2 Å². The van der Waals surface area contributed by atoms with Gasteiger partial charge in [-0.1, -0.05) is 11.6 Å². The Kier molecular flexibility index (Phi) is 5.26. The fraction of sp³-hybridized carbons (Fsp3) is 0.429. The van der Waals surface area contributed by atoms with Crippen molar-refractivity contribution in [1.82, 2.24) is 4.90 Å². The summed E-state index contributed by atoms with van der Waals surface area (Å²) in [6.07, 6.45) is 0.363. The lowest BCUT2D eigenvalue weighted by Crippen LogP contribution is -2.40. The first kappa shape index (κ1) is 17.7. The Balaban J connectivity index is 1.92. The van der Waals surface area contributed by atoms with E-state index in [2.05, 4.69) is 0 Å². The molecule has 1 fully saturated rings. The second-order valence-corrected chi connectivity index (χ2v) is 7.90. The number of carbonyl (C=O) groups is 2. The summed E-state index contributed by atoms with van der Waals surface area (Å²) < 4.78 is 40.6. The number of ether oxygens (including phenoxy) is 1. The molecule has 0 spiro atoms. The zero-order chi connectivity index (χ0) is 17.2. The average Bonchev–Trinajstić information content (AvgIpc) is 2.83. The number of esters is 1. The van der Waals surface area contributed by atoms with Crippen molar-refractivity contribution in [2.24, 2.45) is 0 Å². The van der Waals surface area contributed by atoms with E-state index in [-0.39, 0.29) is 22.1 Å². The van der Waals surface area contributed by atoms with Crippen LogP contribution in [0.15, 0.2) is 18.2 Å². The first-order valence-corrected chi connectivity index (χ1v) is 8.98. The molecule has 1 atom stereocenters. The molecule has 2 rings (SSSR count). The summed E-state index contributed by atoms with van der Waals surface area (Å²) in [6, 6.07) is 2.77. The van der Waals surface area contributed by atoms with E-state index in [1.807, 2.05) is 0 Å². The van der Waals surface area contributed by atoms with Crippen molar-refractivity contribution in [3.63, 3.8) is 0 Å². The third-order valence-electron chi connectivity index (χ3n) is 3.63. The van der Waals surface area contributed by atoms with Gasteiger partial charge in [-0.2, -0.15) is 0 Å². The van der Waals surface area contributed by atoms with Crippen molar-refractivity contribution in [3.05, 3.63) is 34.6 Å². The minimum absolute atomic E-state index is 0.0419. The van der Waals surface area contributed by atoms with Gasteiger partial charge in [-0.15, -0.1) is 0 Å². The monoisotopic (exact) mass is 363 g/mol. The van der Waals surface area contributed by atoms with Crippen molar-refractivity contribution in [2.75, 3.05) is 25.2 Å². The van der Waals surface area contributed by atoms with Crippen LogP contribution in [0.4, 0.5) is 4.39 Å². The lowest BCUT2D eigenvalue weighted by molar-refractivity contribution is -0.134. The predicted molar refractivity (Wildman–Crippen MR) is 81.5 cm³/mol. The standard InChI is InChI=1S/C14H15ClFNO5S/c1-17(10-4-5-23(20,21)8-10)13(18)7-22-14(19)11-3-2-9(16)6-12(11)15/h2-3,6,10H,4-5,7-8H2,1H3/t10-/m1/s1. The fourth-order valence-corrected chi connectivity index (χ4v) is 4.27. The van der Waals surface area contributed by atoms with Gasteiger partial charge in [0.05, 0.1) is 22.1 Å². The number of nitrogens with zero attached hydrogens (tertiary/aromatic N) is 1. The molecular formula is C14H15ClFNO5S. The SMILES string of the molecule is CN(C(=O)COC(=O)c1ccc(F)cc1Cl)[C@@H]1CCS(=O)(=O)C1. The molecule has 0 radical (unpaired) electrons. The van der Waals surface area contributed by atoms with Crippen LogP contribution in [0.5, 0.6) is 0 Å². The van der Waals surface area contributed by atoms with E-state index in [9.17, 15) is 22.4 Å². The largest absolute Gasteiger partial charge is 0.452 e. The second kappa shape index (κ2) is 6.84. The van der Waals surface area contributed by atoms with E-state index < -0.39 is 40.2 Å². The Morgan fingerprint density at radius 1 is 1.43 bits per heavy atom. The van der Waals surface area contributed by atoms with Crippen molar-refractivity contribution >= 4 is 33.3 Å². The summed E-state index contributed by atoms with van der Waals surface area (Å²) in [6.45, 7) is -0.542. The fourth-order valence-electron chi connectivity index (χ4n) is 2.25. The van der Waals surface area contributed by atoms with Gasteiger partial charge in [-0.3, -0.25) is 4.79 Å². The van der Waals surface area contributed by atoms with Gasteiger partial charge >= 0.3 is 5.97 Å². The van der Waals surface area contributed by atoms with E-state index in [0.29, 0.717) is 6.42 Å². The Morgan fingerprint density at radius 2 is 2.13 bits per heavy atom. The third-order valence-corrected chi connectivity index (χ3v) is 5.69. The molecule has 1 amide bonds. The average molecular weight is 364 g/mol. The van der Waals surface area contributed by atoms with E-state index in [1.165, 1.54) is 11.9 Å². The minimum Gasteiger partial charge on any atom is -0.452 e. The molecule has 0 bridgehead atoms. The van der Waals surface area contributed by atoms with Crippen molar-refractivity contribution < 1.29 is 27.1 Å². The first-order chi connectivity index (χ1) is 10.7. The van der Waals surface area contributed by atoms with Gasteiger partial charge in [0, 0.05) is 13.1 Å². The molecule has 1 aromatic rings. The molecule has 6 nitrogen and oxygen atoms in total. The van der Waals surface area contributed by atoms with Crippen LogP contribution in [-0.4, -0.2) is 56.4 Å². The van der Waals surface area contributed by atoms with Crippen LogP contribution in [0.1, 0.15) is 16.8 Å². The minimum atomic E-state index is -3.11. The molecule has 0 aliphatic carbocycles. The highest BCUT2D eigenvalue weighted by molar-refractivity contribution is 7.91. The maximum atomic E-state index is 12.9. The van der Waals surface area contributed by atoms with Gasteiger partial charge in [0.2, 0.25) is 0 Å². The molecular weight excluding hydrogens is 349 g/mol. The van der Waals surface area contributed by atoms with Crippen LogP contribution >= 0.6 is 11.6 Å². The van der Waals surface area contributed by atoms with Crippen molar-refractivity contribution in [2.45, 2.75) is 12.5 Å². The molecule has 1 aliphatic heterocycles. The van der Waals surface area contributed by atoms with Crippen LogP contribution < -0.4 is 0 Å². The summed E-state index contributed by atoms with van der Waals surface area (Å²) in [7, 11) is -1.65. The molecule has 1 saturated heterocycles. The van der Waals surface area contributed by atoms with E-state index in [4.69, 9.17) is 16.3 Å². The van der Waals surface area contributed by atoms with Crippen LogP contribution in [0.2, 0.25) is 5.02 Å². The van der Waals surface area contributed by atoms with Gasteiger partial charge in [-0.25, -0.2) is 17.6 Å². The quantitative estimate of drug-likeness (QED) is 0.753. The van der Waals surface area contributed by atoms with Gasteiger partial charge in [0.15, 0.2) is 16.4 Å². The number of likely N-dealkylation sites (N-methyl/N-ethyl adjacent to an activating group) is 1. The zero-order valence-electron chi connectivity index (χ0n) is 12.3. The van der Waals surface area contributed by atoms with Gasteiger partial charge in [0.1, 0.15) is 5.82 Å². The number of rotatable bonds is 4. The molecule has 23 heavy (non-hydrogen) atoms. The number of carbonyl (C=O) groups excluding carboxylic acids is 2. The van der Waals surface area contributed by atoms with Gasteiger partial charge < -0.3 is 9.64 Å². The Bertz CT molecular complexity index is 737. The molecule has 126 valence electrons.